The van der Waals surface area contributed by atoms with Gasteiger partial charge in [0.25, 0.3) is 0 Å². The Kier molecular flexibility index (Phi) is 5.57. The van der Waals surface area contributed by atoms with Crippen molar-refractivity contribution in [1.82, 2.24) is 0 Å². The first kappa shape index (κ1) is 19.9. The van der Waals surface area contributed by atoms with Gasteiger partial charge in [0.2, 0.25) is 5.91 Å². The van der Waals surface area contributed by atoms with Crippen LogP contribution in [0.25, 0.3) is 16.5 Å². The zero-order valence-electron chi connectivity index (χ0n) is 16.3. The lowest BCUT2D eigenvalue weighted by Crippen LogP contribution is -2.09. The number of halogens is 2. The molecule has 4 rings (SSSR count). The molecule has 1 aromatic heterocycles. The highest BCUT2D eigenvalue weighted by Gasteiger charge is 2.20. The van der Waals surface area contributed by atoms with Gasteiger partial charge in [-0.05, 0) is 50.0 Å². The number of amides is 1. The molecule has 6 heteroatoms. The number of carbonyl (C=O) groups excluding carboxylic acids is 1. The Morgan fingerprint density at radius 3 is 2.79 bits per heavy atom. The number of ether oxygens (including phenoxy) is 1. The lowest BCUT2D eigenvalue weighted by atomic mass is 9.94. The van der Waals surface area contributed by atoms with Crippen LogP contribution in [0, 0.1) is 0 Å². The Morgan fingerprint density at radius 2 is 2.00 bits per heavy atom. The van der Waals surface area contributed by atoms with Gasteiger partial charge in [0.15, 0.2) is 0 Å². The topological polar surface area (TPSA) is 51.5 Å². The predicted molar refractivity (Wildman–Crippen MR) is 118 cm³/mol. The minimum absolute atomic E-state index is 0.289. The molecule has 0 saturated heterocycles. The number of hydrogen-bond donors (Lipinski definition) is 1. The minimum Gasteiger partial charge on any atom is -0.496 e. The lowest BCUT2D eigenvalue weighted by Gasteiger charge is -2.11. The van der Waals surface area contributed by atoms with Gasteiger partial charge in [-0.15, -0.1) is 0 Å². The Hall–Kier alpha value is -2.43. The van der Waals surface area contributed by atoms with Crippen LogP contribution in [0.15, 0.2) is 40.8 Å². The van der Waals surface area contributed by atoms with Gasteiger partial charge in [-0.1, -0.05) is 29.3 Å². The van der Waals surface area contributed by atoms with Crippen molar-refractivity contribution in [2.24, 2.45) is 0 Å². The van der Waals surface area contributed by atoms with E-state index >= 15 is 0 Å². The van der Waals surface area contributed by atoms with Gasteiger partial charge < -0.3 is 14.5 Å². The van der Waals surface area contributed by atoms with E-state index in [1.165, 1.54) is 18.1 Å². The third-order valence-corrected chi connectivity index (χ3v) is 6.08. The van der Waals surface area contributed by atoms with E-state index in [0.717, 1.165) is 47.1 Å². The molecular formula is C23H21Cl2NO3. The van der Waals surface area contributed by atoms with Gasteiger partial charge in [0.05, 0.1) is 22.8 Å². The number of nitrogens with one attached hydrogen (secondary N) is 1. The smallest absolute Gasteiger partial charge is 0.248 e. The van der Waals surface area contributed by atoms with Crippen molar-refractivity contribution in [3.05, 3.63) is 63.3 Å². The van der Waals surface area contributed by atoms with Crippen LogP contribution in [0.1, 0.15) is 36.7 Å². The fourth-order valence-electron chi connectivity index (χ4n) is 3.81. The second-order valence-corrected chi connectivity index (χ2v) is 7.96. The number of furan rings is 1. The van der Waals surface area contributed by atoms with E-state index in [9.17, 15) is 4.79 Å². The van der Waals surface area contributed by atoms with Crippen molar-refractivity contribution < 1.29 is 13.9 Å². The van der Waals surface area contributed by atoms with E-state index in [1.807, 2.05) is 13.0 Å². The molecule has 1 aliphatic carbocycles. The summed E-state index contributed by atoms with van der Waals surface area (Å²) >= 11 is 12.2. The van der Waals surface area contributed by atoms with Crippen molar-refractivity contribution in [1.29, 1.82) is 0 Å². The molecule has 3 aromatic rings. The summed E-state index contributed by atoms with van der Waals surface area (Å²) in [5.41, 5.74) is 4.23. The van der Waals surface area contributed by atoms with E-state index in [2.05, 4.69) is 11.4 Å². The van der Waals surface area contributed by atoms with Gasteiger partial charge in [-0.25, -0.2) is 0 Å². The number of anilines is 1. The average Bonchev–Trinajstić information content (AvgIpc) is 3.07. The zero-order valence-corrected chi connectivity index (χ0v) is 17.8. The molecular weight excluding hydrogens is 409 g/mol. The molecule has 29 heavy (non-hydrogen) atoms. The lowest BCUT2D eigenvalue weighted by molar-refractivity contribution is -0.111. The summed E-state index contributed by atoms with van der Waals surface area (Å²) in [6.45, 7) is 1.88. The summed E-state index contributed by atoms with van der Waals surface area (Å²) in [5.74, 6) is 1.45. The largest absolute Gasteiger partial charge is 0.496 e. The van der Waals surface area contributed by atoms with Gasteiger partial charge >= 0.3 is 0 Å². The summed E-state index contributed by atoms with van der Waals surface area (Å²) < 4.78 is 11.6. The number of fused-ring (bicyclic) bond motifs is 3. The van der Waals surface area contributed by atoms with Crippen LogP contribution in [-0.4, -0.2) is 13.0 Å². The van der Waals surface area contributed by atoms with Crippen LogP contribution in [0.4, 0.5) is 5.69 Å². The second kappa shape index (κ2) is 8.13. The molecule has 4 nitrogen and oxygen atoms in total. The Bertz CT molecular complexity index is 1130. The van der Waals surface area contributed by atoms with E-state index in [-0.39, 0.29) is 5.91 Å². The number of carbonyl (C=O) groups is 1. The maximum absolute atomic E-state index is 12.6. The molecule has 0 radical (unpaired) electrons. The van der Waals surface area contributed by atoms with Crippen LogP contribution in [0.2, 0.25) is 10.0 Å². The van der Waals surface area contributed by atoms with Crippen LogP contribution >= 0.6 is 23.2 Å². The number of benzene rings is 2. The first-order valence-corrected chi connectivity index (χ1v) is 10.3. The van der Waals surface area contributed by atoms with Gasteiger partial charge in [0, 0.05) is 35.1 Å². The molecule has 0 saturated carbocycles. The zero-order chi connectivity index (χ0) is 20.5. The monoisotopic (exact) mass is 429 g/mol. The first-order valence-electron chi connectivity index (χ1n) is 9.54. The van der Waals surface area contributed by atoms with Gasteiger partial charge in [-0.3, -0.25) is 4.79 Å². The minimum atomic E-state index is -0.289. The van der Waals surface area contributed by atoms with Gasteiger partial charge in [0.1, 0.15) is 17.1 Å². The molecule has 1 aliphatic rings. The maximum Gasteiger partial charge on any atom is 0.248 e. The first-order chi connectivity index (χ1) is 14.0. The molecule has 0 unspecified atom stereocenters. The Labute approximate surface area is 179 Å². The fraction of sp³-hybridized carbons (Fsp3) is 0.261. The average molecular weight is 430 g/mol. The molecule has 1 heterocycles. The third kappa shape index (κ3) is 3.87. The van der Waals surface area contributed by atoms with Crippen LogP contribution < -0.4 is 10.1 Å². The second-order valence-electron chi connectivity index (χ2n) is 7.18. The highest BCUT2D eigenvalue weighted by Crippen LogP contribution is 2.38. The fourth-order valence-corrected chi connectivity index (χ4v) is 4.16. The third-order valence-electron chi connectivity index (χ3n) is 5.26. The maximum atomic E-state index is 12.6. The molecule has 1 amide bonds. The van der Waals surface area contributed by atoms with Crippen LogP contribution in [0.3, 0.4) is 0 Å². The van der Waals surface area contributed by atoms with E-state index < -0.39 is 0 Å². The molecule has 2 aromatic carbocycles. The Balaban J connectivity index is 1.68. The van der Waals surface area contributed by atoms with Crippen molar-refractivity contribution >= 4 is 51.3 Å². The van der Waals surface area contributed by atoms with Crippen molar-refractivity contribution in [2.75, 3.05) is 12.4 Å². The summed E-state index contributed by atoms with van der Waals surface area (Å²) in [7, 11) is 1.62. The van der Waals surface area contributed by atoms with Crippen LogP contribution in [-0.2, 0) is 17.6 Å². The predicted octanol–water partition coefficient (Wildman–Crippen LogP) is 6.67. The number of rotatable bonds is 4. The number of aryl methyl sites for hydroxylation is 2. The van der Waals surface area contributed by atoms with Crippen LogP contribution in [0.5, 0.6) is 5.75 Å². The summed E-state index contributed by atoms with van der Waals surface area (Å²) in [6, 6.07) is 9.09. The van der Waals surface area contributed by atoms with Crippen molar-refractivity contribution in [3.8, 4) is 5.75 Å². The molecule has 0 atom stereocenters. The Morgan fingerprint density at radius 1 is 1.21 bits per heavy atom. The normalized spacial score (nSPS) is 14.0. The molecule has 1 N–H and O–H groups in total. The summed E-state index contributed by atoms with van der Waals surface area (Å²) in [4.78, 5) is 12.6. The molecule has 0 spiro atoms. The number of hydrogen-bond acceptors (Lipinski definition) is 3. The van der Waals surface area contributed by atoms with E-state index in [4.69, 9.17) is 32.4 Å². The van der Waals surface area contributed by atoms with Crippen molar-refractivity contribution in [3.63, 3.8) is 0 Å². The van der Waals surface area contributed by atoms with Gasteiger partial charge in [-0.2, -0.15) is 0 Å². The molecule has 0 bridgehead atoms. The molecule has 0 aliphatic heterocycles. The highest BCUT2D eigenvalue weighted by molar-refractivity contribution is 6.44. The molecule has 150 valence electrons. The standard InChI is InChI=1S/C23H21Cl2NO3/c1-13(10-22(27)26-18-8-5-7-17(24)23(18)25)15-11-16-14-6-3-4-9-19(14)29-21(16)12-20(15)28-2/h5,7-8,10-12H,3-4,6,9H2,1-2H3,(H,26,27)/b13-10+. The summed E-state index contributed by atoms with van der Waals surface area (Å²) in [5, 5.41) is 4.59. The SMILES string of the molecule is COc1cc2oc3c(c2cc1/C(C)=C/C(=O)Nc1cccc(Cl)c1Cl)CCCC3. The highest BCUT2D eigenvalue weighted by atomic mass is 35.5. The summed E-state index contributed by atoms with van der Waals surface area (Å²) in [6.07, 6.45) is 5.85. The number of methoxy groups -OCH3 is 1. The quantitative estimate of drug-likeness (QED) is 0.471. The number of allylic oxidation sites excluding steroid dienone is 1. The van der Waals surface area contributed by atoms with Crippen molar-refractivity contribution in [2.45, 2.75) is 32.6 Å². The van der Waals surface area contributed by atoms with E-state index in [0.29, 0.717) is 21.5 Å². The molecule has 0 fully saturated rings. The van der Waals surface area contributed by atoms with E-state index in [1.54, 1.807) is 25.3 Å².